The van der Waals surface area contributed by atoms with Crippen LogP contribution in [0, 0.1) is 6.92 Å². The minimum Gasteiger partial charge on any atom is -0.464 e. The molecular formula is C11H14ClN3O2. The summed E-state index contributed by atoms with van der Waals surface area (Å²) in [4.78, 5) is 15.3. The number of hydrazine groups is 1. The van der Waals surface area contributed by atoms with Gasteiger partial charge in [-0.2, -0.15) is 0 Å². The van der Waals surface area contributed by atoms with E-state index in [2.05, 4.69) is 4.98 Å². The average molecular weight is 256 g/mol. The number of pyridine rings is 1. The maximum atomic E-state index is 11.3. The van der Waals surface area contributed by atoms with Crippen molar-refractivity contribution >= 4 is 23.4 Å². The first-order valence-electron chi connectivity index (χ1n) is 5.49. The van der Waals surface area contributed by atoms with Crippen molar-refractivity contribution in [2.45, 2.75) is 19.8 Å². The lowest BCUT2D eigenvalue weighted by molar-refractivity contribution is 0.178. The van der Waals surface area contributed by atoms with E-state index in [-0.39, 0.29) is 0 Å². The predicted molar refractivity (Wildman–Crippen MR) is 65.3 cm³/mol. The molecule has 0 atom stereocenters. The number of carbonyl (C=O) groups is 1. The maximum absolute atomic E-state index is 11.3. The van der Waals surface area contributed by atoms with E-state index in [1.54, 1.807) is 6.07 Å². The molecule has 1 N–H and O–H groups in total. The number of nitrogens with zero attached hydrogens (tertiary/aromatic N) is 3. The standard InChI is InChI=1S/C11H14ClN3O2/c1-8-6-9(7-13-10(8)12)15(11(16)17)14-4-2-3-5-14/h6-7H,2-5H2,1H3,(H,16,17). The molecule has 0 radical (unpaired) electrons. The second-order valence-electron chi connectivity index (χ2n) is 4.06. The van der Waals surface area contributed by atoms with Crippen molar-refractivity contribution in [3.05, 3.63) is 23.0 Å². The summed E-state index contributed by atoms with van der Waals surface area (Å²) in [6.07, 6.45) is 2.53. The monoisotopic (exact) mass is 255 g/mol. The quantitative estimate of drug-likeness (QED) is 0.825. The minimum absolute atomic E-state index is 0.403. The summed E-state index contributed by atoms with van der Waals surface area (Å²) >= 11 is 5.83. The van der Waals surface area contributed by atoms with Gasteiger partial charge in [-0.05, 0) is 31.4 Å². The highest BCUT2D eigenvalue weighted by atomic mass is 35.5. The van der Waals surface area contributed by atoms with Crippen molar-refractivity contribution in [3.63, 3.8) is 0 Å². The molecule has 1 saturated heterocycles. The summed E-state index contributed by atoms with van der Waals surface area (Å²) in [6, 6.07) is 1.74. The molecule has 17 heavy (non-hydrogen) atoms. The van der Waals surface area contributed by atoms with Gasteiger partial charge in [0.1, 0.15) is 5.15 Å². The topological polar surface area (TPSA) is 56.7 Å². The van der Waals surface area contributed by atoms with E-state index in [0.29, 0.717) is 10.8 Å². The van der Waals surface area contributed by atoms with Crippen LogP contribution < -0.4 is 5.01 Å². The Labute approximate surface area is 105 Å². The number of hydrogen-bond acceptors (Lipinski definition) is 3. The summed E-state index contributed by atoms with van der Waals surface area (Å²) in [6.45, 7) is 3.32. The van der Waals surface area contributed by atoms with Gasteiger partial charge in [0, 0.05) is 13.1 Å². The van der Waals surface area contributed by atoms with Gasteiger partial charge >= 0.3 is 6.09 Å². The normalized spacial score (nSPS) is 16.1. The van der Waals surface area contributed by atoms with Gasteiger partial charge in [0.2, 0.25) is 0 Å². The Kier molecular flexibility index (Phi) is 3.49. The van der Waals surface area contributed by atoms with Gasteiger partial charge in [0.05, 0.1) is 11.9 Å². The van der Waals surface area contributed by atoms with Crippen LogP contribution in [-0.4, -0.2) is 34.3 Å². The molecule has 1 aromatic rings. The van der Waals surface area contributed by atoms with E-state index in [1.807, 2.05) is 11.9 Å². The van der Waals surface area contributed by atoms with Crippen LogP contribution in [0.4, 0.5) is 10.5 Å². The van der Waals surface area contributed by atoms with Crippen molar-refractivity contribution < 1.29 is 9.90 Å². The molecule has 2 rings (SSSR count). The smallest absolute Gasteiger partial charge is 0.426 e. The molecule has 6 heteroatoms. The number of aryl methyl sites for hydroxylation is 1. The first-order valence-corrected chi connectivity index (χ1v) is 5.87. The van der Waals surface area contributed by atoms with Crippen LogP contribution in [-0.2, 0) is 0 Å². The Balaban J connectivity index is 2.31. The zero-order valence-electron chi connectivity index (χ0n) is 9.56. The van der Waals surface area contributed by atoms with Crippen molar-refractivity contribution in [3.8, 4) is 0 Å². The molecule has 0 unspecified atom stereocenters. The van der Waals surface area contributed by atoms with Crippen LogP contribution in [0.25, 0.3) is 0 Å². The Morgan fingerprint density at radius 1 is 1.53 bits per heavy atom. The van der Waals surface area contributed by atoms with Gasteiger partial charge in [-0.3, -0.25) is 0 Å². The lowest BCUT2D eigenvalue weighted by Crippen LogP contribution is -2.44. The first-order chi connectivity index (χ1) is 8.09. The van der Waals surface area contributed by atoms with Crippen LogP contribution in [0.1, 0.15) is 18.4 Å². The second-order valence-corrected chi connectivity index (χ2v) is 4.41. The molecule has 0 aliphatic carbocycles. The molecule has 1 amide bonds. The SMILES string of the molecule is Cc1cc(N(C(=O)O)N2CCCC2)cnc1Cl. The molecule has 0 saturated carbocycles. The highest BCUT2D eigenvalue weighted by Gasteiger charge is 2.25. The van der Waals surface area contributed by atoms with Crippen LogP contribution in [0.5, 0.6) is 0 Å². The summed E-state index contributed by atoms with van der Waals surface area (Å²) in [5, 5.41) is 12.7. The Morgan fingerprint density at radius 2 is 2.18 bits per heavy atom. The van der Waals surface area contributed by atoms with Gasteiger partial charge in [-0.15, -0.1) is 0 Å². The molecule has 1 aliphatic heterocycles. The van der Waals surface area contributed by atoms with Crippen LogP contribution in [0.15, 0.2) is 12.3 Å². The number of amides is 1. The lowest BCUT2D eigenvalue weighted by atomic mass is 10.3. The van der Waals surface area contributed by atoms with Crippen molar-refractivity contribution in [2.75, 3.05) is 18.1 Å². The lowest BCUT2D eigenvalue weighted by Gasteiger charge is -2.28. The molecule has 5 nitrogen and oxygen atoms in total. The molecule has 0 aromatic carbocycles. The van der Waals surface area contributed by atoms with Crippen molar-refractivity contribution in [1.82, 2.24) is 9.99 Å². The van der Waals surface area contributed by atoms with Gasteiger partial charge < -0.3 is 5.11 Å². The van der Waals surface area contributed by atoms with Gasteiger partial charge in [0.15, 0.2) is 0 Å². The molecular weight excluding hydrogens is 242 g/mol. The molecule has 1 aromatic heterocycles. The fourth-order valence-corrected chi connectivity index (χ4v) is 2.06. The van der Waals surface area contributed by atoms with Gasteiger partial charge in [0.25, 0.3) is 0 Å². The Morgan fingerprint density at radius 3 is 2.71 bits per heavy atom. The van der Waals surface area contributed by atoms with Gasteiger partial charge in [-0.25, -0.2) is 19.8 Å². The molecule has 1 aliphatic rings. The van der Waals surface area contributed by atoms with E-state index >= 15 is 0 Å². The van der Waals surface area contributed by atoms with E-state index in [9.17, 15) is 9.90 Å². The third kappa shape index (κ3) is 2.50. The number of aromatic nitrogens is 1. The highest BCUT2D eigenvalue weighted by molar-refractivity contribution is 6.30. The Bertz CT molecular complexity index is 433. The third-order valence-corrected chi connectivity index (χ3v) is 3.19. The van der Waals surface area contributed by atoms with Crippen molar-refractivity contribution in [2.24, 2.45) is 0 Å². The summed E-state index contributed by atoms with van der Waals surface area (Å²) < 4.78 is 0. The second kappa shape index (κ2) is 4.89. The third-order valence-electron chi connectivity index (χ3n) is 2.79. The fourth-order valence-electron chi connectivity index (χ4n) is 1.95. The first kappa shape index (κ1) is 12.1. The van der Waals surface area contributed by atoms with E-state index in [4.69, 9.17) is 11.6 Å². The maximum Gasteiger partial charge on any atom is 0.426 e. The largest absolute Gasteiger partial charge is 0.464 e. The fraction of sp³-hybridized carbons (Fsp3) is 0.455. The van der Waals surface area contributed by atoms with E-state index in [0.717, 1.165) is 31.5 Å². The number of hydrogen-bond donors (Lipinski definition) is 1. The number of rotatable bonds is 2. The summed E-state index contributed by atoms with van der Waals surface area (Å²) in [5.74, 6) is 0. The molecule has 92 valence electrons. The Hall–Kier alpha value is -1.33. The molecule has 1 fully saturated rings. The van der Waals surface area contributed by atoms with E-state index < -0.39 is 6.09 Å². The molecule has 0 bridgehead atoms. The van der Waals surface area contributed by atoms with E-state index in [1.165, 1.54) is 11.2 Å². The molecule has 2 heterocycles. The number of anilines is 1. The predicted octanol–water partition coefficient (Wildman–Crippen LogP) is 2.54. The number of carboxylic acid groups (broad SMARTS) is 1. The zero-order chi connectivity index (χ0) is 12.4. The summed E-state index contributed by atoms with van der Waals surface area (Å²) in [7, 11) is 0. The zero-order valence-corrected chi connectivity index (χ0v) is 10.3. The van der Waals surface area contributed by atoms with Crippen molar-refractivity contribution in [1.29, 1.82) is 0 Å². The molecule has 0 spiro atoms. The number of halogens is 1. The highest BCUT2D eigenvalue weighted by Crippen LogP contribution is 2.23. The minimum atomic E-state index is -0.990. The van der Waals surface area contributed by atoms with Crippen LogP contribution >= 0.6 is 11.6 Å². The average Bonchev–Trinajstić information content (AvgIpc) is 2.76. The van der Waals surface area contributed by atoms with Crippen LogP contribution in [0.3, 0.4) is 0 Å². The van der Waals surface area contributed by atoms with Gasteiger partial charge in [-0.1, -0.05) is 11.6 Å². The van der Waals surface area contributed by atoms with Crippen LogP contribution in [0.2, 0.25) is 5.15 Å². The summed E-state index contributed by atoms with van der Waals surface area (Å²) in [5.41, 5.74) is 1.32.